The van der Waals surface area contributed by atoms with Crippen LogP contribution < -0.4 is 4.72 Å². The van der Waals surface area contributed by atoms with Gasteiger partial charge in [-0.1, -0.05) is 23.7 Å². The van der Waals surface area contributed by atoms with Crippen molar-refractivity contribution in [3.05, 3.63) is 58.9 Å². The van der Waals surface area contributed by atoms with E-state index < -0.39 is 10.0 Å². The van der Waals surface area contributed by atoms with E-state index in [9.17, 15) is 8.42 Å². The maximum Gasteiger partial charge on any atom is 0.241 e. The van der Waals surface area contributed by atoms with Crippen molar-refractivity contribution in [1.29, 1.82) is 0 Å². The minimum Gasteiger partial charge on any atom is -0.264 e. The van der Waals surface area contributed by atoms with Gasteiger partial charge < -0.3 is 0 Å². The van der Waals surface area contributed by atoms with Gasteiger partial charge in [0, 0.05) is 23.5 Å². The molecule has 1 N–H and O–H groups in total. The van der Waals surface area contributed by atoms with Gasteiger partial charge in [-0.2, -0.15) is 0 Å². The predicted octanol–water partition coefficient (Wildman–Crippen LogP) is 3.08. The van der Waals surface area contributed by atoms with E-state index in [1.165, 1.54) is 0 Å². The van der Waals surface area contributed by atoms with Gasteiger partial charge in [-0.05, 0) is 43.2 Å². The Morgan fingerprint density at radius 1 is 1.25 bits per heavy atom. The van der Waals surface area contributed by atoms with Crippen LogP contribution in [-0.4, -0.2) is 13.4 Å². The summed E-state index contributed by atoms with van der Waals surface area (Å²) in [6, 6.07) is 8.06. The summed E-state index contributed by atoms with van der Waals surface area (Å²) < 4.78 is 27.4. The number of pyridine rings is 1. The van der Waals surface area contributed by atoms with Gasteiger partial charge in [0.05, 0.1) is 4.90 Å². The van der Waals surface area contributed by atoms with Crippen LogP contribution in [0.25, 0.3) is 0 Å². The number of benzene rings is 1. The maximum atomic E-state index is 12.4. The monoisotopic (exact) mass is 310 g/mol. The van der Waals surface area contributed by atoms with Crippen LogP contribution in [0.2, 0.25) is 5.02 Å². The minimum absolute atomic E-state index is 0.195. The van der Waals surface area contributed by atoms with Crippen LogP contribution in [0.3, 0.4) is 0 Å². The zero-order chi connectivity index (χ0) is 14.8. The first-order chi connectivity index (χ1) is 9.42. The summed E-state index contributed by atoms with van der Waals surface area (Å²) >= 11 is 5.97. The molecule has 0 unspecified atom stereocenters. The molecule has 2 aromatic rings. The van der Waals surface area contributed by atoms with Crippen molar-refractivity contribution in [3.8, 4) is 0 Å². The summed E-state index contributed by atoms with van der Waals surface area (Å²) in [6.45, 7) is 3.46. The zero-order valence-corrected chi connectivity index (χ0v) is 12.7. The summed E-state index contributed by atoms with van der Waals surface area (Å²) in [6.07, 6.45) is 3.28. The van der Waals surface area contributed by atoms with Crippen molar-refractivity contribution in [2.45, 2.75) is 24.8 Å². The molecule has 0 bridgehead atoms. The van der Waals surface area contributed by atoms with Crippen molar-refractivity contribution < 1.29 is 8.42 Å². The van der Waals surface area contributed by atoms with Crippen molar-refractivity contribution >= 4 is 21.6 Å². The summed E-state index contributed by atoms with van der Waals surface area (Å²) in [4.78, 5) is 4.18. The number of nitrogens with zero attached hydrogens (tertiary/aromatic N) is 1. The third-order valence-electron chi connectivity index (χ3n) is 3.02. The quantitative estimate of drug-likeness (QED) is 0.944. The lowest BCUT2D eigenvalue weighted by Gasteiger charge is -2.15. The Bertz CT molecular complexity index is 702. The lowest BCUT2D eigenvalue weighted by molar-refractivity contribution is 0.566. The molecule has 1 atom stereocenters. The lowest BCUT2D eigenvalue weighted by atomic mass is 10.2. The second-order valence-electron chi connectivity index (χ2n) is 4.49. The van der Waals surface area contributed by atoms with Crippen LogP contribution >= 0.6 is 11.6 Å². The van der Waals surface area contributed by atoms with Crippen LogP contribution in [0.5, 0.6) is 0 Å². The van der Waals surface area contributed by atoms with Crippen LogP contribution in [0.4, 0.5) is 0 Å². The predicted molar refractivity (Wildman–Crippen MR) is 79.2 cm³/mol. The van der Waals surface area contributed by atoms with Crippen molar-refractivity contribution in [1.82, 2.24) is 9.71 Å². The van der Waals surface area contributed by atoms with E-state index in [1.54, 1.807) is 50.5 Å². The molecule has 6 heteroatoms. The van der Waals surface area contributed by atoms with Gasteiger partial charge in [0.15, 0.2) is 0 Å². The van der Waals surface area contributed by atoms with E-state index in [0.29, 0.717) is 10.6 Å². The number of nitrogens with one attached hydrogen (secondary N) is 1. The summed E-state index contributed by atoms with van der Waals surface area (Å²) in [7, 11) is -3.62. The maximum absolute atomic E-state index is 12.4. The van der Waals surface area contributed by atoms with Gasteiger partial charge in [0.2, 0.25) is 10.0 Å². The molecular weight excluding hydrogens is 296 g/mol. The summed E-state index contributed by atoms with van der Waals surface area (Å²) in [5, 5.41) is 0.432. The highest BCUT2D eigenvalue weighted by atomic mass is 35.5. The van der Waals surface area contributed by atoms with Gasteiger partial charge >= 0.3 is 0 Å². The highest BCUT2D eigenvalue weighted by Gasteiger charge is 2.21. The smallest absolute Gasteiger partial charge is 0.241 e. The second-order valence-corrected chi connectivity index (χ2v) is 6.58. The second kappa shape index (κ2) is 5.91. The van der Waals surface area contributed by atoms with Crippen molar-refractivity contribution in [2.24, 2.45) is 0 Å². The Balaban J connectivity index is 2.30. The average Bonchev–Trinajstić information content (AvgIpc) is 2.42. The molecule has 1 heterocycles. The fourth-order valence-corrected chi connectivity index (χ4v) is 3.61. The molecular formula is C14H15ClN2O2S. The normalized spacial score (nSPS) is 13.2. The first-order valence-electron chi connectivity index (χ1n) is 6.09. The molecule has 0 saturated carbocycles. The van der Waals surface area contributed by atoms with E-state index >= 15 is 0 Å². The molecule has 0 saturated heterocycles. The van der Waals surface area contributed by atoms with Gasteiger partial charge in [-0.25, -0.2) is 13.1 Å². The Hall–Kier alpha value is -1.43. The van der Waals surface area contributed by atoms with Crippen LogP contribution in [0.15, 0.2) is 47.6 Å². The van der Waals surface area contributed by atoms with E-state index in [0.717, 1.165) is 5.56 Å². The third kappa shape index (κ3) is 3.17. The van der Waals surface area contributed by atoms with E-state index in [2.05, 4.69) is 9.71 Å². The number of sulfonamides is 1. The topological polar surface area (TPSA) is 59.1 Å². The van der Waals surface area contributed by atoms with Crippen molar-refractivity contribution in [2.75, 3.05) is 0 Å². The molecule has 0 fully saturated rings. The van der Waals surface area contributed by atoms with E-state index in [-0.39, 0.29) is 10.9 Å². The molecule has 0 aliphatic heterocycles. The molecule has 0 amide bonds. The Morgan fingerprint density at radius 2 is 2.00 bits per heavy atom. The fourth-order valence-electron chi connectivity index (χ4n) is 1.88. The highest BCUT2D eigenvalue weighted by Crippen LogP contribution is 2.24. The number of rotatable bonds is 4. The summed E-state index contributed by atoms with van der Waals surface area (Å²) in [5.74, 6) is 0. The fraction of sp³-hybridized carbons (Fsp3) is 0.214. The molecule has 0 radical (unpaired) electrons. The number of hydrogen-bond donors (Lipinski definition) is 1. The molecule has 1 aromatic heterocycles. The molecule has 4 nitrogen and oxygen atoms in total. The van der Waals surface area contributed by atoms with Gasteiger partial charge in [0.25, 0.3) is 0 Å². The molecule has 0 aliphatic rings. The Labute approximate surface area is 123 Å². The third-order valence-corrected chi connectivity index (χ3v) is 5.12. The van der Waals surface area contributed by atoms with Gasteiger partial charge in [-0.3, -0.25) is 4.98 Å². The molecule has 20 heavy (non-hydrogen) atoms. The van der Waals surface area contributed by atoms with E-state index in [1.807, 2.05) is 6.07 Å². The largest absolute Gasteiger partial charge is 0.264 e. The average molecular weight is 311 g/mol. The number of halogens is 1. The molecule has 0 aliphatic carbocycles. The molecule has 106 valence electrons. The molecule has 2 rings (SSSR count). The number of hydrogen-bond acceptors (Lipinski definition) is 3. The van der Waals surface area contributed by atoms with Gasteiger partial charge in [-0.15, -0.1) is 0 Å². The Kier molecular flexibility index (Phi) is 4.42. The van der Waals surface area contributed by atoms with E-state index in [4.69, 9.17) is 11.6 Å². The standard InChI is InChI=1S/C14H15ClN2O2S/c1-10-13(15)6-3-7-14(10)20(18,19)17-11(2)12-5-4-8-16-9-12/h3-9,11,17H,1-2H3/t11-/m0/s1. The van der Waals surface area contributed by atoms with Crippen LogP contribution in [0, 0.1) is 6.92 Å². The van der Waals surface area contributed by atoms with Crippen LogP contribution in [-0.2, 0) is 10.0 Å². The molecule has 0 spiro atoms. The summed E-state index contributed by atoms with van der Waals surface area (Å²) in [5.41, 5.74) is 1.34. The molecule has 1 aromatic carbocycles. The Morgan fingerprint density at radius 3 is 2.65 bits per heavy atom. The van der Waals surface area contributed by atoms with Crippen molar-refractivity contribution in [3.63, 3.8) is 0 Å². The number of aromatic nitrogens is 1. The minimum atomic E-state index is -3.62. The van der Waals surface area contributed by atoms with Crippen LogP contribution in [0.1, 0.15) is 24.1 Å². The SMILES string of the molecule is Cc1c(Cl)cccc1S(=O)(=O)N[C@@H](C)c1cccnc1. The highest BCUT2D eigenvalue weighted by molar-refractivity contribution is 7.89. The zero-order valence-electron chi connectivity index (χ0n) is 11.2. The van der Waals surface area contributed by atoms with Gasteiger partial charge in [0.1, 0.15) is 0 Å². The first-order valence-corrected chi connectivity index (χ1v) is 7.95. The first kappa shape index (κ1) is 15.0. The lowest BCUT2D eigenvalue weighted by Crippen LogP contribution is -2.27.